The first kappa shape index (κ1) is 16.6. The molecule has 0 aliphatic rings. The van der Waals surface area contributed by atoms with E-state index in [0.717, 1.165) is 0 Å². The van der Waals surface area contributed by atoms with Crippen LogP contribution in [0.4, 0.5) is 0 Å². The molecule has 0 saturated heterocycles. The van der Waals surface area contributed by atoms with E-state index in [1.165, 1.54) is 30.3 Å². The maximum absolute atomic E-state index is 10.1. The summed E-state index contributed by atoms with van der Waals surface area (Å²) in [6.07, 6.45) is 2.67. The molecule has 1 aromatic rings. The van der Waals surface area contributed by atoms with Crippen molar-refractivity contribution in [1.82, 2.24) is 0 Å². The molecular weight excluding hydrogens is 207 g/mol. The first-order chi connectivity index (χ1) is 6.72. The molecule has 0 fully saturated rings. The molecule has 15 heavy (non-hydrogen) atoms. The fourth-order valence-corrected chi connectivity index (χ4v) is 1.19. The predicted octanol–water partition coefficient (Wildman–Crippen LogP) is 0.599. The van der Waals surface area contributed by atoms with Crippen molar-refractivity contribution in [2.75, 3.05) is 0 Å². The summed E-state index contributed by atoms with van der Waals surface area (Å²) >= 11 is 2.70. The maximum Gasteiger partial charge on any atom is 0.0715 e. The fraction of sp³-hybridized carbons (Fsp3) is 0.364. The summed E-state index contributed by atoms with van der Waals surface area (Å²) in [7, 11) is 0. The van der Waals surface area contributed by atoms with Gasteiger partial charge in [0.15, 0.2) is 0 Å². The molecule has 0 amide bonds. The summed E-state index contributed by atoms with van der Waals surface area (Å²) in [5.74, 6) is -1.13. The third-order valence-corrected chi connectivity index (χ3v) is 1.98. The average molecular weight is 223 g/mol. The molecule has 81 valence electrons. The van der Waals surface area contributed by atoms with Gasteiger partial charge in [-0.1, -0.05) is 30.3 Å². The van der Waals surface area contributed by atoms with E-state index in [-0.39, 0.29) is 11.0 Å². The molecule has 0 saturated carbocycles. The Morgan fingerprint density at radius 1 is 1.33 bits per heavy atom. The topological polar surface area (TPSA) is 71.6 Å². The van der Waals surface area contributed by atoms with Crippen LogP contribution in [0.1, 0.15) is 30.1 Å². The Balaban J connectivity index is 0. The van der Waals surface area contributed by atoms with Gasteiger partial charge in [-0.3, -0.25) is 0 Å². The molecule has 4 heteroatoms. The van der Waals surface area contributed by atoms with Crippen molar-refractivity contribution >= 4 is 22.3 Å². The van der Waals surface area contributed by atoms with E-state index in [9.17, 15) is 9.90 Å². The smallest absolute Gasteiger partial charge is 0.0715 e. The van der Waals surface area contributed by atoms with Crippen LogP contribution >= 0.6 is 0 Å². The largest absolute Gasteiger partial charge is 0.545 e. The van der Waals surface area contributed by atoms with E-state index in [1.807, 2.05) is 0 Å². The van der Waals surface area contributed by atoms with Crippen molar-refractivity contribution in [3.05, 3.63) is 35.9 Å². The van der Waals surface area contributed by atoms with Crippen LogP contribution in [0.3, 0.4) is 0 Å². The van der Waals surface area contributed by atoms with Crippen LogP contribution in [0.2, 0.25) is 5.28 Å². The van der Waals surface area contributed by atoms with Crippen LogP contribution in [0, 0.1) is 0 Å². The van der Waals surface area contributed by atoms with Crippen LogP contribution in [-0.2, 0) is 0 Å². The minimum Gasteiger partial charge on any atom is -0.545 e. The minimum atomic E-state index is -1.13. The van der Waals surface area contributed by atoms with E-state index >= 15 is 0 Å². The summed E-state index contributed by atoms with van der Waals surface area (Å²) in [5, 5.41) is 11.4. The van der Waals surface area contributed by atoms with Crippen molar-refractivity contribution in [1.29, 1.82) is 0 Å². The van der Waals surface area contributed by atoms with Gasteiger partial charge in [0.25, 0.3) is 0 Å². The maximum atomic E-state index is 10.1. The molecule has 0 aliphatic carbocycles. The van der Waals surface area contributed by atoms with Crippen molar-refractivity contribution < 1.29 is 15.4 Å². The van der Waals surface area contributed by atoms with Gasteiger partial charge < -0.3 is 15.4 Å². The standard InChI is InChI=1S/C7H6O2.C4H9.Al.H2O/c8-7(9)6-4-2-1-3-5-6;1-3-4-2;;/h1-5H,(H,8,9);1,3-4H2,2H3;;1H2/q;;+1;/p-1. The fourth-order valence-electron chi connectivity index (χ4n) is 0.778. The average Bonchev–Trinajstić information content (AvgIpc) is 2.21. The molecule has 0 unspecified atom stereocenters. The quantitative estimate of drug-likeness (QED) is 0.704. The number of unbranched alkanes of at least 4 members (excludes halogenated alkanes) is 1. The van der Waals surface area contributed by atoms with Crippen LogP contribution in [0.15, 0.2) is 30.3 Å². The Labute approximate surface area is 98.9 Å². The first-order valence-electron chi connectivity index (χ1n) is 4.68. The zero-order chi connectivity index (χ0) is 10.8. The second-order valence-corrected chi connectivity index (χ2v) is 3.37. The second-order valence-electron chi connectivity index (χ2n) is 2.80. The summed E-state index contributed by atoms with van der Waals surface area (Å²) in [5.41, 5.74) is 0.220. The number of carbonyl (C=O) groups is 1. The summed E-state index contributed by atoms with van der Waals surface area (Å²) in [6.45, 7) is 2.20. The van der Waals surface area contributed by atoms with Crippen LogP contribution in [0.5, 0.6) is 0 Å². The third-order valence-electron chi connectivity index (χ3n) is 1.57. The van der Waals surface area contributed by atoms with E-state index in [0.29, 0.717) is 0 Å². The van der Waals surface area contributed by atoms with Gasteiger partial charge >= 0.3 is 41.3 Å². The van der Waals surface area contributed by atoms with Crippen molar-refractivity contribution in [3.8, 4) is 0 Å². The van der Waals surface area contributed by atoms with Gasteiger partial charge in [-0.2, -0.15) is 0 Å². The van der Waals surface area contributed by atoms with Gasteiger partial charge in [0.05, 0.1) is 5.97 Å². The molecule has 0 bridgehead atoms. The summed E-state index contributed by atoms with van der Waals surface area (Å²) in [4.78, 5) is 10.1. The molecule has 1 aromatic carbocycles. The third kappa shape index (κ3) is 9.49. The van der Waals surface area contributed by atoms with Gasteiger partial charge in [0.2, 0.25) is 0 Å². The number of carboxylic acid groups (broad SMARTS) is 1. The normalized spacial score (nSPS) is 8.00. The van der Waals surface area contributed by atoms with E-state index < -0.39 is 5.97 Å². The van der Waals surface area contributed by atoms with Crippen molar-refractivity contribution in [3.63, 3.8) is 0 Å². The monoisotopic (exact) mass is 223 g/mol. The van der Waals surface area contributed by atoms with Crippen LogP contribution in [-0.4, -0.2) is 27.7 Å². The van der Waals surface area contributed by atoms with Gasteiger partial charge in [-0.05, 0) is 5.56 Å². The van der Waals surface area contributed by atoms with Gasteiger partial charge in [-0.25, -0.2) is 0 Å². The van der Waals surface area contributed by atoms with Gasteiger partial charge in [-0.15, -0.1) is 0 Å². The molecular formula is C11H16AlO3. The SMILES string of the molecule is CCC[CH2][Al+].O.O=C([O-])c1ccccc1. The number of carbonyl (C=O) groups excluding carboxylic acids is 1. The molecule has 2 N–H and O–H groups in total. The summed E-state index contributed by atoms with van der Waals surface area (Å²) in [6, 6.07) is 8.06. The Morgan fingerprint density at radius 2 is 1.87 bits per heavy atom. The Kier molecular flexibility index (Phi) is 12.5. The number of rotatable bonds is 3. The second kappa shape index (κ2) is 11.3. The number of hydrogen-bond donors (Lipinski definition) is 0. The number of carboxylic acids is 1. The van der Waals surface area contributed by atoms with Gasteiger partial charge in [0, 0.05) is 0 Å². The predicted molar refractivity (Wildman–Crippen MR) is 59.9 cm³/mol. The Bertz CT molecular complexity index is 247. The Morgan fingerprint density at radius 3 is 2.07 bits per heavy atom. The molecule has 3 nitrogen and oxygen atoms in total. The number of aromatic carboxylic acids is 1. The van der Waals surface area contributed by atoms with E-state index in [2.05, 4.69) is 23.2 Å². The van der Waals surface area contributed by atoms with Crippen LogP contribution in [0.25, 0.3) is 0 Å². The van der Waals surface area contributed by atoms with Gasteiger partial charge in [0.1, 0.15) is 0 Å². The minimum absolute atomic E-state index is 0. The van der Waals surface area contributed by atoms with E-state index in [4.69, 9.17) is 0 Å². The molecule has 0 heterocycles. The van der Waals surface area contributed by atoms with Crippen molar-refractivity contribution in [2.24, 2.45) is 0 Å². The zero-order valence-electron chi connectivity index (χ0n) is 8.90. The zero-order valence-corrected chi connectivity index (χ0v) is 10.1. The molecule has 0 atom stereocenters. The molecule has 0 aliphatic heterocycles. The molecule has 0 spiro atoms. The summed E-state index contributed by atoms with van der Waals surface area (Å²) < 4.78 is 0. The number of hydrogen-bond acceptors (Lipinski definition) is 2. The van der Waals surface area contributed by atoms with E-state index in [1.54, 1.807) is 18.2 Å². The molecule has 0 aromatic heterocycles. The first-order valence-corrected chi connectivity index (χ1v) is 5.50. The molecule has 1 rings (SSSR count). The Hall–Kier alpha value is -0.818. The number of benzene rings is 1. The molecule has 1 radical (unpaired) electrons. The van der Waals surface area contributed by atoms with Crippen molar-refractivity contribution in [2.45, 2.75) is 25.0 Å². The van der Waals surface area contributed by atoms with Crippen LogP contribution < -0.4 is 5.11 Å².